The van der Waals surface area contributed by atoms with Gasteiger partial charge in [-0.3, -0.25) is 4.79 Å². The van der Waals surface area contributed by atoms with E-state index >= 15 is 0 Å². The highest BCUT2D eigenvalue weighted by Gasteiger charge is 2.22. The highest BCUT2D eigenvalue weighted by Crippen LogP contribution is 2.29. The van der Waals surface area contributed by atoms with E-state index < -0.39 is 0 Å². The number of carbonyl (C=O) groups is 1. The Morgan fingerprint density at radius 1 is 1.11 bits per heavy atom. The van der Waals surface area contributed by atoms with Crippen LogP contribution in [-0.2, 0) is 19.9 Å². The first-order valence-electron chi connectivity index (χ1n) is 9.01. The molecule has 4 nitrogen and oxygen atoms in total. The van der Waals surface area contributed by atoms with Crippen molar-refractivity contribution in [2.75, 3.05) is 0 Å². The molecular formula is C21H20ClN3OS. The molecule has 0 bridgehead atoms. The first kappa shape index (κ1) is 18.3. The fourth-order valence-electron chi connectivity index (χ4n) is 3.44. The third kappa shape index (κ3) is 3.66. The van der Waals surface area contributed by atoms with E-state index in [0.717, 1.165) is 34.9 Å². The lowest BCUT2D eigenvalue weighted by molar-refractivity contribution is 0.0993. The van der Waals surface area contributed by atoms with E-state index in [1.165, 1.54) is 29.3 Å². The lowest BCUT2D eigenvalue weighted by Crippen LogP contribution is -2.14. The number of benzene rings is 2. The molecule has 0 saturated carbocycles. The SMILES string of the molecule is CC(Sc1nnc(-c2ccc(Cl)cc2)n1C)C(=O)c1ccc2c(c1)CCC2. The van der Waals surface area contributed by atoms with Gasteiger partial charge in [0.1, 0.15) is 0 Å². The Morgan fingerprint density at radius 2 is 1.85 bits per heavy atom. The quantitative estimate of drug-likeness (QED) is 0.449. The minimum Gasteiger partial charge on any atom is -0.305 e. The van der Waals surface area contributed by atoms with Crippen molar-refractivity contribution in [2.24, 2.45) is 7.05 Å². The molecule has 1 heterocycles. The molecule has 0 amide bonds. The van der Waals surface area contributed by atoms with Crippen LogP contribution in [0.1, 0.15) is 34.8 Å². The molecular weight excluding hydrogens is 378 g/mol. The van der Waals surface area contributed by atoms with Crippen molar-refractivity contribution in [1.82, 2.24) is 14.8 Å². The zero-order chi connectivity index (χ0) is 19.0. The number of hydrogen-bond acceptors (Lipinski definition) is 4. The van der Waals surface area contributed by atoms with Crippen molar-refractivity contribution < 1.29 is 4.79 Å². The van der Waals surface area contributed by atoms with Crippen LogP contribution in [0.15, 0.2) is 47.6 Å². The van der Waals surface area contributed by atoms with E-state index in [4.69, 9.17) is 11.6 Å². The molecule has 4 rings (SSSR count). The van der Waals surface area contributed by atoms with Crippen molar-refractivity contribution in [2.45, 2.75) is 36.6 Å². The summed E-state index contributed by atoms with van der Waals surface area (Å²) >= 11 is 7.40. The van der Waals surface area contributed by atoms with Gasteiger partial charge in [0.2, 0.25) is 0 Å². The van der Waals surface area contributed by atoms with Gasteiger partial charge in [-0.05, 0) is 67.6 Å². The lowest BCUT2D eigenvalue weighted by atomic mass is 10.0. The largest absolute Gasteiger partial charge is 0.305 e. The second-order valence-electron chi connectivity index (χ2n) is 6.83. The van der Waals surface area contributed by atoms with Crippen molar-refractivity contribution in [3.05, 3.63) is 64.2 Å². The topological polar surface area (TPSA) is 47.8 Å². The standard InChI is InChI=1S/C21H20ClN3OS/c1-13(19(26)17-7-6-14-4-3-5-16(14)12-17)27-21-24-23-20(25(21)2)15-8-10-18(22)11-9-15/h6-13H,3-5H2,1-2H3. The molecule has 1 unspecified atom stereocenters. The smallest absolute Gasteiger partial charge is 0.191 e. The molecule has 6 heteroatoms. The summed E-state index contributed by atoms with van der Waals surface area (Å²) in [6.45, 7) is 1.93. The van der Waals surface area contributed by atoms with Gasteiger partial charge in [-0.15, -0.1) is 10.2 Å². The fraction of sp³-hybridized carbons (Fsp3) is 0.286. The second-order valence-corrected chi connectivity index (χ2v) is 8.58. The maximum Gasteiger partial charge on any atom is 0.191 e. The number of carbonyl (C=O) groups excluding carboxylic acids is 1. The van der Waals surface area contributed by atoms with Gasteiger partial charge in [-0.25, -0.2) is 0 Å². The van der Waals surface area contributed by atoms with Crippen LogP contribution < -0.4 is 0 Å². The minimum absolute atomic E-state index is 0.130. The van der Waals surface area contributed by atoms with Gasteiger partial charge in [0.15, 0.2) is 16.8 Å². The first-order valence-corrected chi connectivity index (χ1v) is 10.3. The molecule has 0 fully saturated rings. The molecule has 27 heavy (non-hydrogen) atoms. The maximum absolute atomic E-state index is 12.9. The Balaban J connectivity index is 1.52. The monoisotopic (exact) mass is 397 g/mol. The third-order valence-electron chi connectivity index (χ3n) is 4.97. The summed E-state index contributed by atoms with van der Waals surface area (Å²) in [5.41, 5.74) is 4.43. The number of Topliss-reactive ketones (excluding diaryl/α,β-unsaturated/α-hetero) is 1. The number of thioether (sulfide) groups is 1. The predicted molar refractivity (Wildman–Crippen MR) is 110 cm³/mol. The summed E-state index contributed by atoms with van der Waals surface area (Å²) in [5.74, 6) is 0.886. The summed E-state index contributed by atoms with van der Waals surface area (Å²) in [4.78, 5) is 12.9. The molecule has 138 valence electrons. The Morgan fingerprint density at radius 3 is 2.63 bits per heavy atom. The average molecular weight is 398 g/mol. The first-order chi connectivity index (χ1) is 13.0. The average Bonchev–Trinajstić information content (AvgIpc) is 3.28. The molecule has 1 aromatic heterocycles. The van der Waals surface area contributed by atoms with Crippen LogP contribution in [0, 0.1) is 0 Å². The molecule has 1 aliphatic rings. The van der Waals surface area contributed by atoms with Crippen LogP contribution in [0.25, 0.3) is 11.4 Å². The van der Waals surface area contributed by atoms with Crippen LogP contribution in [0.2, 0.25) is 5.02 Å². The number of nitrogens with zero attached hydrogens (tertiary/aromatic N) is 3. The van der Waals surface area contributed by atoms with Crippen molar-refractivity contribution in [1.29, 1.82) is 0 Å². The van der Waals surface area contributed by atoms with E-state index in [-0.39, 0.29) is 11.0 Å². The van der Waals surface area contributed by atoms with Gasteiger partial charge >= 0.3 is 0 Å². The van der Waals surface area contributed by atoms with Crippen LogP contribution in [0.5, 0.6) is 0 Å². The summed E-state index contributed by atoms with van der Waals surface area (Å²) in [6, 6.07) is 13.6. The minimum atomic E-state index is -0.231. The number of aryl methyl sites for hydroxylation is 2. The van der Waals surface area contributed by atoms with Gasteiger partial charge in [0.25, 0.3) is 0 Å². The van der Waals surface area contributed by atoms with Crippen molar-refractivity contribution in [3.8, 4) is 11.4 Å². The van der Waals surface area contributed by atoms with E-state index in [1.807, 2.05) is 48.9 Å². The van der Waals surface area contributed by atoms with E-state index in [2.05, 4.69) is 22.3 Å². The van der Waals surface area contributed by atoms with Gasteiger partial charge in [-0.1, -0.05) is 35.5 Å². The zero-order valence-corrected chi connectivity index (χ0v) is 16.8. The highest BCUT2D eigenvalue weighted by atomic mass is 35.5. The molecule has 1 aliphatic carbocycles. The van der Waals surface area contributed by atoms with Crippen LogP contribution in [-0.4, -0.2) is 25.8 Å². The van der Waals surface area contributed by atoms with Gasteiger partial charge in [-0.2, -0.15) is 0 Å². The fourth-order valence-corrected chi connectivity index (χ4v) is 4.46. The number of fused-ring (bicyclic) bond motifs is 1. The Hall–Kier alpha value is -2.11. The number of rotatable bonds is 5. The lowest BCUT2D eigenvalue weighted by Gasteiger charge is -2.11. The molecule has 0 N–H and O–H groups in total. The maximum atomic E-state index is 12.9. The van der Waals surface area contributed by atoms with E-state index in [0.29, 0.717) is 5.02 Å². The number of hydrogen-bond donors (Lipinski definition) is 0. The van der Waals surface area contributed by atoms with E-state index in [9.17, 15) is 4.79 Å². The Kier molecular flexibility index (Phi) is 5.06. The van der Waals surface area contributed by atoms with Crippen LogP contribution in [0.3, 0.4) is 0 Å². The third-order valence-corrected chi connectivity index (χ3v) is 6.36. The molecule has 0 spiro atoms. The number of halogens is 1. The molecule has 3 aromatic rings. The highest BCUT2D eigenvalue weighted by molar-refractivity contribution is 8.00. The van der Waals surface area contributed by atoms with Gasteiger partial charge in [0, 0.05) is 23.2 Å². The van der Waals surface area contributed by atoms with Gasteiger partial charge < -0.3 is 4.57 Å². The molecule has 0 radical (unpaired) electrons. The second kappa shape index (κ2) is 7.49. The summed E-state index contributed by atoms with van der Waals surface area (Å²) < 4.78 is 1.92. The molecule has 1 atom stereocenters. The van der Waals surface area contributed by atoms with Crippen LogP contribution in [0.4, 0.5) is 0 Å². The molecule has 0 saturated heterocycles. The van der Waals surface area contributed by atoms with Crippen LogP contribution >= 0.6 is 23.4 Å². The summed E-state index contributed by atoms with van der Waals surface area (Å²) in [5, 5.41) is 9.74. The zero-order valence-electron chi connectivity index (χ0n) is 15.3. The number of ketones is 1. The normalized spacial score (nSPS) is 14.2. The number of aromatic nitrogens is 3. The van der Waals surface area contributed by atoms with Crippen molar-refractivity contribution >= 4 is 29.1 Å². The molecule has 0 aliphatic heterocycles. The van der Waals surface area contributed by atoms with E-state index in [1.54, 1.807) is 0 Å². The summed E-state index contributed by atoms with van der Waals surface area (Å²) in [6.07, 6.45) is 3.38. The summed E-state index contributed by atoms with van der Waals surface area (Å²) in [7, 11) is 1.92. The predicted octanol–water partition coefficient (Wildman–Crippen LogP) is 4.99. The molecule has 2 aromatic carbocycles. The van der Waals surface area contributed by atoms with Gasteiger partial charge in [0.05, 0.1) is 5.25 Å². The Bertz CT molecular complexity index is 997. The Labute approximate surface area is 168 Å². The van der Waals surface area contributed by atoms with Crippen molar-refractivity contribution in [3.63, 3.8) is 0 Å².